The van der Waals surface area contributed by atoms with Gasteiger partial charge in [0.1, 0.15) is 0 Å². The Bertz CT molecular complexity index is 149. The molecule has 0 saturated carbocycles. The lowest BCUT2D eigenvalue weighted by Crippen LogP contribution is -2.12. The summed E-state index contributed by atoms with van der Waals surface area (Å²) in [7, 11) is 8.66. The van der Waals surface area contributed by atoms with Crippen molar-refractivity contribution < 1.29 is 0 Å². The van der Waals surface area contributed by atoms with Crippen LogP contribution in [-0.2, 0) is 0 Å². The monoisotopic (exact) mass is 270 g/mol. The Balaban J connectivity index is 2.95. The largest absolute Gasteiger partial charge is 0.309 e. The zero-order chi connectivity index (χ0) is 14.3. The number of nitrogens with zero attached hydrogens (tertiary/aromatic N) is 2. The lowest BCUT2D eigenvalue weighted by molar-refractivity contribution is 0.387. The van der Waals surface area contributed by atoms with Gasteiger partial charge in [0.15, 0.2) is 0 Å². The van der Waals surface area contributed by atoms with E-state index in [2.05, 4.69) is 38.0 Å². The van der Waals surface area contributed by atoms with E-state index in [1.165, 1.54) is 83.7 Å². The third-order valence-electron chi connectivity index (χ3n) is 3.71. The minimum atomic E-state index is 1.26. The summed E-state index contributed by atoms with van der Waals surface area (Å²) in [5, 5.41) is 0. The van der Waals surface area contributed by atoms with Crippen molar-refractivity contribution in [3.8, 4) is 0 Å². The topological polar surface area (TPSA) is 6.48 Å². The molecule has 2 heteroatoms. The predicted octanol–water partition coefficient (Wildman–Crippen LogP) is 4.40. The minimum Gasteiger partial charge on any atom is -0.309 e. The van der Waals surface area contributed by atoms with E-state index in [1.807, 2.05) is 0 Å². The van der Waals surface area contributed by atoms with Gasteiger partial charge in [-0.3, -0.25) is 0 Å². The normalized spacial score (nSPS) is 11.7. The molecule has 0 saturated heterocycles. The molecule has 0 aliphatic carbocycles. The van der Waals surface area contributed by atoms with E-state index in [-0.39, 0.29) is 0 Å². The molecule has 0 aliphatic rings. The van der Waals surface area contributed by atoms with Crippen LogP contribution in [0.3, 0.4) is 0 Å². The van der Waals surface area contributed by atoms with Gasteiger partial charge < -0.3 is 9.80 Å². The first-order valence-corrected chi connectivity index (χ1v) is 8.42. The van der Waals surface area contributed by atoms with E-state index >= 15 is 0 Å². The van der Waals surface area contributed by atoms with E-state index in [1.54, 1.807) is 0 Å². The molecule has 0 aromatic carbocycles. The fourth-order valence-electron chi connectivity index (χ4n) is 2.45. The zero-order valence-corrected chi connectivity index (χ0v) is 14.1. The second kappa shape index (κ2) is 14.3. The van der Waals surface area contributed by atoms with Gasteiger partial charge >= 0.3 is 0 Å². The summed E-state index contributed by atoms with van der Waals surface area (Å²) >= 11 is 0. The van der Waals surface area contributed by atoms with Gasteiger partial charge in [-0.1, -0.05) is 57.8 Å². The molecule has 0 amide bonds. The Labute approximate surface area is 122 Å². The van der Waals surface area contributed by atoms with Crippen molar-refractivity contribution in [2.45, 2.75) is 70.6 Å². The molecular weight excluding hydrogens is 232 g/mol. The summed E-state index contributed by atoms with van der Waals surface area (Å²) in [4.78, 5) is 4.58. The van der Waals surface area contributed by atoms with Crippen LogP contribution in [0, 0.1) is 0 Å². The van der Waals surface area contributed by atoms with Gasteiger partial charge in [0, 0.05) is 0 Å². The average Bonchev–Trinajstić information content (AvgIpc) is 2.34. The number of hydrogen-bond acceptors (Lipinski definition) is 2. The first-order valence-electron chi connectivity index (χ1n) is 8.42. The highest BCUT2D eigenvalue weighted by Crippen LogP contribution is 2.11. The summed E-state index contributed by atoms with van der Waals surface area (Å²) < 4.78 is 0. The average molecular weight is 271 g/mol. The third kappa shape index (κ3) is 17.9. The molecule has 0 atom stereocenters. The molecular formula is C17H38N2. The second-order valence-electron chi connectivity index (χ2n) is 6.50. The molecule has 0 aromatic rings. The Morgan fingerprint density at radius 2 is 0.579 bits per heavy atom. The van der Waals surface area contributed by atoms with Crippen molar-refractivity contribution >= 4 is 0 Å². The molecule has 0 N–H and O–H groups in total. The SMILES string of the molecule is CN(C)CCCCCCCCCCCCCN(C)C. The van der Waals surface area contributed by atoms with E-state index in [9.17, 15) is 0 Å². The molecule has 0 aromatic heterocycles. The fourth-order valence-corrected chi connectivity index (χ4v) is 2.45. The van der Waals surface area contributed by atoms with Crippen molar-refractivity contribution in [2.75, 3.05) is 41.3 Å². The van der Waals surface area contributed by atoms with Gasteiger partial charge in [0.25, 0.3) is 0 Å². The van der Waals surface area contributed by atoms with Crippen LogP contribution in [0.5, 0.6) is 0 Å². The first-order chi connectivity index (χ1) is 9.13. The van der Waals surface area contributed by atoms with Gasteiger partial charge in [0.05, 0.1) is 0 Å². The zero-order valence-electron chi connectivity index (χ0n) is 14.1. The highest BCUT2D eigenvalue weighted by atomic mass is 15.0. The van der Waals surface area contributed by atoms with E-state index in [0.717, 1.165) is 0 Å². The summed E-state index contributed by atoms with van der Waals surface area (Å²) in [6, 6.07) is 0. The van der Waals surface area contributed by atoms with Gasteiger partial charge in [-0.25, -0.2) is 0 Å². The number of hydrogen-bond donors (Lipinski definition) is 0. The lowest BCUT2D eigenvalue weighted by atomic mass is 10.1. The summed E-state index contributed by atoms with van der Waals surface area (Å²) in [5.74, 6) is 0. The van der Waals surface area contributed by atoms with Crippen LogP contribution < -0.4 is 0 Å². The molecule has 0 rings (SSSR count). The fraction of sp³-hybridized carbons (Fsp3) is 1.00. The molecule has 0 bridgehead atoms. The maximum absolute atomic E-state index is 2.29. The predicted molar refractivity (Wildman–Crippen MR) is 87.9 cm³/mol. The van der Waals surface area contributed by atoms with Crippen molar-refractivity contribution in [1.82, 2.24) is 9.80 Å². The van der Waals surface area contributed by atoms with Crippen LogP contribution in [0.25, 0.3) is 0 Å². The van der Waals surface area contributed by atoms with Gasteiger partial charge in [0.2, 0.25) is 0 Å². The minimum absolute atomic E-state index is 1.26. The lowest BCUT2D eigenvalue weighted by Gasteiger charge is -2.09. The van der Waals surface area contributed by atoms with Crippen LogP contribution in [-0.4, -0.2) is 51.1 Å². The molecule has 2 nitrogen and oxygen atoms in total. The van der Waals surface area contributed by atoms with E-state index in [0.29, 0.717) is 0 Å². The Morgan fingerprint density at radius 3 is 0.789 bits per heavy atom. The van der Waals surface area contributed by atoms with Crippen molar-refractivity contribution in [1.29, 1.82) is 0 Å². The molecule has 0 unspecified atom stereocenters. The Kier molecular flexibility index (Phi) is 14.3. The molecule has 0 radical (unpaired) electrons. The van der Waals surface area contributed by atoms with E-state index in [4.69, 9.17) is 0 Å². The molecule has 0 heterocycles. The van der Waals surface area contributed by atoms with Crippen LogP contribution in [0.4, 0.5) is 0 Å². The molecule has 19 heavy (non-hydrogen) atoms. The molecule has 0 fully saturated rings. The van der Waals surface area contributed by atoms with Gasteiger partial charge in [-0.05, 0) is 54.1 Å². The van der Waals surface area contributed by atoms with Crippen LogP contribution in [0.1, 0.15) is 70.6 Å². The highest BCUT2D eigenvalue weighted by molar-refractivity contribution is 4.51. The summed E-state index contributed by atoms with van der Waals surface area (Å²) in [6.07, 6.45) is 15.7. The first kappa shape index (κ1) is 18.9. The Hall–Kier alpha value is -0.0800. The highest BCUT2D eigenvalue weighted by Gasteiger charge is 1.95. The molecule has 116 valence electrons. The molecule has 0 spiro atoms. The van der Waals surface area contributed by atoms with Crippen molar-refractivity contribution in [3.05, 3.63) is 0 Å². The van der Waals surface area contributed by atoms with Crippen molar-refractivity contribution in [3.63, 3.8) is 0 Å². The Morgan fingerprint density at radius 1 is 0.368 bits per heavy atom. The second-order valence-corrected chi connectivity index (χ2v) is 6.50. The van der Waals surface area contributed by atoms with Crippen LogP contribution in [0.15, 0.2) is 0 Å². The third-order valence-corrected chi connectivity index (χ3v) is 3.71. The summed E-state index contributed by atoms with van der Waals surface area (Å²) in [5.41, 5.74) is 0. The number of rotatable bonds is 14. The number of unbranched alkanes of at least 4 members (excludes halogenated alkanes) is 10. The maximum Gasteiger partial charge on any atom is -0.00248 e. The standard InChI is InChI=1S/C17H38N2/c1-18(2)16-14-12-10-8-6-5-7-9-11-13-15-17-19(3)4/h5-17H2,1-4H3. The van der Waals surface area contributed by atoms with Gasteiger partial charge in [-0.2, -0.15) is 0 Å². The quantitative estimate of drug-likeness (QED) is 0.432. The van der Waals surface area contributed by atoms with Crippen molar-refractivity contribution in [2.24, 2.45) is 0 Å². The molecule has 0 aliphatic heterocycles. The van der Waals surface area contributed by atoms with Crippen LogP contribution in [0.2, 0.25) is 0 Å². The van der Waals surface area contributed by atoms with E-state index < -0.39 is 0 Å². The van der Waals surface area contributed by atoms with Crippen LogP contribution >= 0.6 is 0 Å². The maximum atomic E-state index is 2.29. The van der Waals surface area contributed by atoms with Gasteiger partial charge in [-0.15, -0.1) is 0 Å². The smallest absolute Gasteiger partial charge is 0.00248 e. The summed E-state index contributed by atoms with van der Waals surface area (Å²) in [6.45, 7) is 2.51.